The largest absolute Gasteiger partial charge is 0.457 e. The molecule has 0 saturated heterocycles. The summed E-state index contributed by atoms with van der Waals surface area (Å²) in [5, 5.41) is 14.3. The molecule has 12 rings (SSSR count). The Bertz CT molecular complexity index is 3230. The van der Waals surface area contributed by atoms with Gasteiger partial charge < -0.3 is 13.9 Å². The molecule has 9 nitrogen and oxygen atoms in total. The van der Waals surface area contributed by atoms with Crippen LogP contribution in [0.5, 0.6) is 11.5 Å². The highest BCUT2D eigenvalue weighted by molar-refractivity contribution is 6.10. The fourth-order valence-corrected chi connectivity index (χ4v) is 8.64. The molecule has 0 unspecified atom stereocenters. The zero-order valence-corrected chi connectivity index (χ0v) is 32.6. The molecule has 12 aromatic rings. The van der Waals surface area contributed by atoms with Crippen LogP contribution in [0.4, 0.5) is 0 Å². The number of para-hydroxylation sites is 4. The highest BCUT2D eigenvalue weighted by Crippen LogP contribution is 2.35. The Hall–Kier alpha value is -8.56. The molecule has 9 heteroatoms. The quantitative estimate of drug-likeness (QED) is 0.153. The second kappa shape index (κ2) is 14.1. The molecule has 0 aliphatic heterocycles. The first-order valence-electron chi connectivity index (χ1n) is 20.1. The van der Waals surface area contributed by atoms with Gasteiger partial charge in [-0.2, -0.15) is 10.2 Å². The van der Waals surface area contributed by atoms with Crippen molar-refractivity contribution in [1.29, 1.82) is 0 Å². The molecule has 6 aromatic carbocycles. The molecule has 6 aromatic heterocycles. The lowest BCUT2D eigenvalue weighted by atomic mass is 10.2. The summed E-state index contributed by atoms with van der Waals surface area (Å²) in [6.45, 7) is 0. The molecule has 0 amide bonds. The molecule has 0 fully saturated rings. The SMILES string of the molecule is c1cc(Oc2cccc(-n3nccc3-c3ccc(-n4c5ccccc5c5ccccc54)cn3)c2)cc(-n2nccc2-c2ccc(-n3c4ccccc4c4ccccc43)cn2)c1. The van der Waals surface area contributed by atoms with Crippen molar-refractivity contribution in [3.8, 4) is 57.0 Å². The van der Waals surface area contributed by atoms with Crippen LogP contribution in [0.25, 0.3) is 89.1 Å². The Morgan fingerprint density at radius 2 is 0.738 bits per heavy atom. The van der Waals surface area contributed by atoms with Crippen LogP contribution in [0, 0.1) is 0 Å². The van der Waals surface area contributed by atoms with Crippen molar-refractivity contribution >= 4 is 43.6 Å². The highest BCUT2D eigenvalue weighted by Gasteiger charge is 2.16. The zero-order chi connectivity index (χ0) is 40.3. The third kappa shape index (κ3) is 5.78. The second-order valence-electron chi connectivity index (χ2n) is 14.9. The maximum absolute atomic E-state index is 6.48. The summed E-state index contributed by atoms with van der Waals surface area (Å²) in [5.41, 5.74) is 11.7. The molecule has 0 spiro atoms. The minimum absolute atomic E-state index is 0.675. The smallest absolute Gasteiger partial charge is 0.129 e. The van der Waals surface area contributed by atoms with Gasteiger partial charge in [-0.3, -0.25) is 9.97 Å². The summed E-state index contributed by atoms with van der Waals surface area (Å²) in [7, 11) is 0. The number of ether oxygens (including phenoxy) is 1. The topological polar surface area (TPSA) is 80.5 Å². The van der Waals surface area contributed by atoms with Gasteiger partial charge in [0, 0.05) is 33.7 Å². The standard InChI is InChI=1S/C52H34N8O/c1-5-19-47-41(15-1)42-16-2-6-20-48(42)57(47)37-23-25-45(53-33-37)51-27-29-55-59(51)35-11-9-13-39(31-35)61-40-14-10-12-36(32-40)60-52(28-30-56-60)46-26-24-38(34-54-46)58-49-21-7-3-17-43(49)44-18-4-8-22-50(44)58/h1-34H. The van der Waals surface area contributed by atoms with Crippen molar-refractivity contribution < 1.29 is 4.74 Å². The zero-order valence-electron chi connectivity index (χ0n) is 32.6. The number of benzene rings is 6. The van der Waals surface area contributed by atoms with E-state index >= 15 is 0 Å². The molecule has 61 heavy (non-hydrogen) atoms. The summed E-state index contributed by atoms with van der Waals surface area (Å²) in [6, 6.07) is 62.1. The van der Waals surface area contributed by atoms with Crippen molar-refractivity contribution in [2.45, 2.75) is 0 Å². The van der Waals surface area contributed by atoms with E-state index in [0.717, 1.165) is 67.6 Å². The first-order chi connectivity index (χ1) is 30.2. The molecule has 0 N–H and O–H groups in total. The monoisotopic (exact) mass is 786 g/mol. The van der Waals surface area contributed by atoms with Gasteiger partial charge in [-0.25, -0.2) is 9.36 Å². The van der Waals surface area contributed by atoms with Gasteiger partial charge >= 0.3 is 0 Å². The number of rotatable bonds is 8. The average molecular weight is 787 g/mol. The van der Waals surface area contributed by atoms with Crippen LogP contribution >= 0.6 is 0 Å². The average Bonchev–Trinajstić information content (AvgIpc) is 4.14. The van der Waals surface area contributed by atoms with E-state index in [1.54, 1.807) is 12.4 Å². The maximum atomic E-state index is 6.48. The molecule has 0 saturated carbocycles. The van der Waals surface area contributed by atoms with Gasteiger partial charge in [-0.15, -0.1) is 0 Å². The lowest BCUT2D eigenvalue weighted by Gasteiger charge is -2.13. The molecule has 0 radical (unpaired) electrons. The number of fused-ring (bicyclic) bond motifs is 6. The molecule has 0 aliphatic rings. The second-order valence-corrected chi connectivity index (χ2v) is 14.9. The van der Waals surface area contributed by atoms with E-state index in [1.807, 2.05) is 82.4 Å². The number of hydrogen-bond acceptors (Lipinski definition) is 5. The first-order valence-corrected chi connectivity index (χ1v) is 20.1. The van der Waals surface area contributed by atoms with Gasteiger partial charge in [0.25, 0.3) is 0 Å². The normalized spacial score (nSPS) is 11.6. The number of aromatic nitrogens is 8. The molecule has 0 atom stereocenters. The maximum Gasteiger partial charge on any atom is 0.129 e. The van der Waals surface area contributed by atoms with Gasteiger partial charge in [0.2, 0.25) is 0 Å². The minimum atomic E-state index is 0.675. The lowest BCUT2D eigenvalue weighted by Crippen LogP contribution is -2.02. The number of nitrogens with zero attached hydrogens (tertiary/aromatic N) is 8. The highest BCUT2D eigenvalue weighted by atomic mass is 16.5. The predicted octanol–water partition coefficient (Wildman–Crippen LogP) is 12.2. The van der Waals surface area contributed by atoms with E-state index in [2.05, 4.69) is 130 Å². The number of hydrogen-bond donors (Lipinski definition) is 0. The van der Waals surface area contributed by atoms with Crippen LogP contribution in [-0.2, 0) is 0 Å². The van der Waals surface area contributed by atoms with Crippen molar-refractivity contribution in [3.63, 3.8) is 0 Å². The van der Waals surface area contributed by atoms with Gasteiger partial charge in [0.05, 0.1) is 92.4 Å². The molecular formula is C52H34N8O. The third-order valence-electron chi connectivity index (χ3n) is 11.3. The van der Waals surface area contributed by atoms with Gasteiger partial charge in [-0.05, 0) is 84.9 Å². The van der Waals surface area contributed by atoms with Crippen molar-refractivity contribution in [1.82, 2.24) is 38.7 Å². The van der Waals surface area contributed by atoms with E-state index in [9.17, 15) is 0 Å². The lowest BCUT2D eigenvalue weighted by molar-refractivity contribution is 0.482. The minimum Gasteiger partial charge on any atom is -0.457 e. The summed E-state index contributed by atoms with van der Waals surface area (Å²) in [6.07, 6.45) is 7.45. The fourth-order valence-electron chi connectivity index (χ4n) is 8.64. The number of pyridine rings is 2. The van der Waals surface area contributed by atoms with Gasteiger partial charge in [0.15, 0.2) is 0 Å². The molecule has 288 valence electrons. The van der Waals surface area contributed by atoms with E-state index in [1.165, 1.54) is 21.5 Å². The molecular weight excluding hydrogens is 753 g/mol. The Morgan fingerprint density at radius 3 is 1.11 bits per heavy atom. The summed E-state index contributed by atoms with van der Waals surface area (Å²) >= 11 is 0. The first kappa shape index (κ1) is 34.5. The predicted molar refractivity (Wildman–Crippen MR) is 242 cm³/mol. The summed E-state index contributed by atoms with van der Waals surface area (Å²) < 4.78 is 14.8. The van der Waals surface area contributed by atoms with Crippen molar-refractivity contribution in [2.24, 2.45) is 0 Å². The Morgan fingerprint density at radius 1 is 0.344 bits per heavy atom. The summed E-state index contributed by atoms with van der Waals surface area (Å²) in [4.78, 5) is 9.88. The molecule has 6 heterocycles. The van der Waals surface area contributed by atoms with E-state index < -0.39 is 0 Å². The van der Waals surface area contributed by atoms with Crippen molar-refractivity contribution in [2.75, 3.05) is 0 Å². The van der Waals surface area contributed by atoms with E-state index in [4.69, 9.17) is 24.9 Å². The van der Waals surface area contributed by atoms with Crippen LogP contribution in [0.3, 0.4) is 0 Å². The Labute approximate surface area is 349 Å². The van der Waals surface area contributed by atoms with Gasteiger partial charge in [-0.1, -0.05) is 84.9 Å². The third-order valence-corrected chi connectivity index (χ3v) is 11.3. The van der Waals surface area contributed by atoms with E-state index in [-0.39, 0.29) is 0 Å². The summed E-state index contributed by atoms with van der Waals surface area (Å²) in [5.74, 6) is 1.35. The van der Waals surface area contributed by atoms with Crippen LogP contribution < -0.4 is 4.74 Å². The Balaban J connectivity index is 0.806. The molecule has 0 bridgehead atoms. The fraction of sp³-hybridized carbons (Fsp3) is 0. The van der Waals surface area contributed by atoms with Crippen LogP contribution in [0.15, 0.2) is 207 Å². The van der Waals surface area contributed by atoms with E-state index in [0.29, 0.717) is 11.5 Å². The van der Waals surface area contributed by atoms with Crippen molar-refractivity contribution in [3.05, 3.63) is 207 Å². The molecule has 0 aliphatic carbocycles. The van der Waals surface area contributed by atoms with Crippen LogP contribution in [0.1, 0.15) is 0 Å². The van der Waals surface area contributed by atoms with Gasteiger partial charge in [0.1, 0.15) is 11.5 Å². The Kier molecular flexibility index (Phi) is 7.95. The van der Waals surface area contributed by atoms with Crippen LogP contribution in [0.2, 0.25) is 0 Å². The van der Waals surface area contributed by atoms with Crippen LogP contribution in [-0.4, -0.2) is 38.7 Å².